The van der Waals surface area contributed by atoms with Gasteiger partial charge in [0, 0.05) is 24.1 Å². The zero-order chi connectivity index (χ0) is 18.9. The third kappa shape index (κ3) is 3.66. The number of aryl methyl sites for hydroxylation is 1. The number of nitrogens with zero attached hydrogens (tertiary/aromatic N) is 1. The summed E-state index contributed by atoms with van der Waals surface area (Å²) in [5, 5.41) is 0. The number of fused-ring (bicyclic) bond motifs is 1. The molecule has 138 valence electrons. The van der Waals surface area contributed by atoms with Crippen LogP contribution >= 0.6 is 11.8 Å². The Hall–Kier alpha value is -2.19. The van der Waals surface area contributed by atoms with Crippen LogP contribution in [0.2, 0.25) is 0 Å². The molecule has 2 aromatic rings. The van der Waals surface area contributed by atoms with Gasteiger partial charge < -0.3 is 9.64 Å². The van der Waals surface area contributed by atoms with Crippen LogP contribution in [-0.4, -0.2) is 33.7 Å². The number of hydrogen-bond acceptors (Lipinski definition) is 5. The molecule has 0 fully saturated rings. The Morgan fingerprint density at radius 3 is 2.69 bits per heavy atom. The van der Waals surface area contributed by atoms with Crippen LogP contribution in [0.25, 0.3) is 0 Å². The van der Waals surface area contributed by atoms with Crippen molar-refractivity contribution in [1.82, 2.24) is 0 Å². The van der Waals surface area contributed by atoms with E-state index in [-0.39, 0.29) is 10.8 Å². The van der Waals surface area contributed by atoms with Crippen molar-refractivity contribution in [2.75, 3.05) is 29.0 Å². The number of sulfonamides is 1. The summed E-state index contributed by atoms with van der Waals surface area (Å²) in [6.45, 7) is 3.92. The Morgan fingerprint density at radius 1 is 1.23 bits per heavy atom. The fraction of sp³-hybridized carbons (Fsp3) is 0.278. The molecular weight excluding hydrogens is 372 g/mol. The first kappa shape index (κ1) is 18.6. The maximum absolute atomic E-state index is 12.9. The molecule has 0 spiro atoms. The summed E-state index contributed by atoms with van der Waals surface area (Å²) >= 11 is 1.61. The van der Waals surface area contributed by atoms with Gasteiger partial charge in [0.1, 0.15) is 5.75 Å². The predicted octanol–water partition coefficient (Wildman–Crippen LogP) is 3.26. The van der Waals surface area contributed by atoms with E-state index in [4.69, 9.17) is 4.74 Å². The SMILES string of the molecule is COc1ccc(C)cc1NS(=O)(=O)c1ccc2c(c1)N(C(C)=O)CCS2. The van der Waals surface area contributed by atoms with E-state index in [2.05, 4.69) is 4.72 Å². The summed E-state index contributed by atoms with van der Waals surface area (Å²) in [5.74, 6) is 1.13. The number of ether oxygens (including phenoxy) is 1. The van der Waals surface area contributed by atoms with Crippen molar-refractivity contribution in [2.24, 2.45) is 0 Å². The predicted molar refractivity (Wildman–Crippen MR) is 104 cm³/mol. The van der Waals surface area contributed by atoms with E-state index >= 15 is 0 Å². The molecule has 0 saturated heterocycles. The minimum atomic E-state index is -3.82. The molecule has 2 aromatic carbocycles. The number of methoxy groups -OCH3 is 1. The minimum absolute atomic E-state index is 0.102. The number of amides is 1. The van der Waals surface area contributed by atoms with Crippen LogP contribution in [0.15, 0.2) is 46.2 Å². The molecule has 1 N–H and O–H groups in total. The summed E-state index contributed by atoms with van der Waals surface area (Å²) in [6, 6.07) is 10.1. The average molecular weight is 393 g/mol. The zero-order valence-electron chi connectivity index (χ0n) is 14.8. The van der Waals surface area contributed by atoms with E-state index in [0.29, 0.717) is 23.7 Å². The van der Waals surface area contributed by atoms with Gasteiger partial charge in [-0.15, -0.1) is 11.8 Å². The van der Waals surface area contributed by atoms with Gasteiger partial charge in [0.25, 0.3) is 10.0 Å². The lowest BCUT2D eigenvalue weighted by atomic mass is 10.2. The summed E-state index contributed by atoms with van der Waals surface area (Å²) < 4.78 is 33.6. The monoisotopic (exact) mass is 392 g/mol. The molecule has 0 saturated carbocycles. The van der Waals surface area contributed by atoms with Crippen molar-refractivity contribution in [1.29, 1.82) is 0 Å². The molecule has 1 amide bonds. The van der Waals surface area contributed by atoms with Crippen LogP contribution in [-0.2, 0) is 14.8 Å². The number of carbonyl (C=O) groups is 1. The van der Waals surface area contributed by atoms with Crippen molar-refractivity contribution in [3.8, 4) is 5.75 Å². The van der Waals surface area contributed by atoms with Gasteiger partial charge in [-0.1, -0.05) is 6.07 Å². The molecule has 0 aromatic heterocycles. The Labute approximate surface area is 157 Å². The summed E-state index contributed by atoms with van der Waals surface area (Å²) in [5.41, 5.74) is 1.92. The zero-order valence-corrected chi connectivity index (χ0v) is 16.4. The molecule has 1 aliphatic heterocycles. The Balaban J connectivity index is 1.99. The summed E-state index contributed by atoms with van der Waals surface area (Å²) in [4.78, 5) is 14.5. The minimum Gasteiger partial charge on any atom is -0.495 e. The number of benzene rings is 2. The van der Waals surface area contributed by atoms with E-state index in [1.54, 1.807) is 47.0 Å². The van der Waals surface area contributed by atoms with E-state index in [1.807, 2.05) is 13.0 Å². The van der Waals surface area contributed by atoms with Crippen molar-refractivity contribution in [2.45, 2.75) is 23.6 Å². The molecule has 6 nitrogen and oxygen atoms in total. The number of anilines is 2. The molecule has 0 bridgehead atoms. The molecule has 1 aliphatic rings. The third-order valence-electron chi connectivity index (χ3n) is 4.08. The molecule has 0 unspecified atom stereocenters. The van der Waals surface area contributed by atoms with Gasteiger partial charge in [-0.25, -0.2) is 8.42 Å². The lowest BCUT2D eigenvalue weighted by molar-refractivity contribution is -0.116. The first-order chi connectivity index (χ1) is 12.3. The molecule has 0 aliphatic carbocycles. The largest absolute Gasteiger partial charge is 0.495 e. The molecular formula is C18H20N2O4S2. The highest BCUT2D eigenvalue weighted by Gasteiger charge is 2.24. The van der Waals surface area contributed by atoms with E-state index in [1.165, 1.54) is 14.0 Å². The maximum atomic E-state index is 12.9. The van der Waals surface area contributed by atoms with E-state index < -0.39 is 10.0 Å². The van der Waals surface area contributed by atoms with Crippen LogP contribution < -0.4 is 14.4 Å². The number of hydrogen-bond donors (Lipinski definition) is 1. The maximum Gasteiger partial charge on any atom is 0.262 e. The molecule has 0 radical (unpaired) electrons. The third-order valence-corrected chi connectivity index (χ3v) is 6.49. The standard InChI is InChI=1S/C18H20N2O4S2/c1-12-4-6-17(24-3)15(10-12)19-26(22,23)14-5-7-18-16(11-14)20(13(2)21)8-9-25-18/h4-7,10-11,19H,8-9H2,1-3H3. The Kier molecular flexibility index (Phi) is 5.15. The van der Waals surface area contributed by atoms with Gasteiger partial charge in [-0.2, -0.15) is 0 Å². The number of thioether (sulfide) groups is 1. The van der Waals surface area contributed by atoms with Gasteiger partial charge in [-0.3, -0.25) is 9.52 Å². The lowest BCUT2D eigenvalue weighted by Crippen LogP contribution is -2.33. The first-order valence-corrected chi connectivity index (χ1v) is 10.5. The Bertz CT molecular complexity index is 958. The van der Waals surface area contributed by atoms with Crippen LogP contribution in [0, 0.1) is 6.92 Å². The van der Waals surface area contributed by atoms with Gasteiger partial charge in [0.05, 0.1) is 23.4 Å². The normalized spacial score (nSPS) is 13.9. The highest BCUT2D eigenvalue weighted by Crippen LogP contribution is 2.37. The van der Waals surface area contributed by atoms with E-state index in [0.717, 1.165) is 16.2 Å². The molecule has 1 heterocycles. The van der Waals surface area contributed by atoms with Gasteiger partial charge in [0.15, 0.2) is 0 Å². The number of carbonyl (C=O) groups excluding carboxylic acids is 1. The van der Waals surface area contributed by atoms with Gasteiger partial charge in [-0.05, 0) is 42.8 Å². The van der Waals surface area contributed by atoms with E-state index in [9.17, 15) is 13.2 Å². The van der Waals surface area contributed by atoms with Crippen LogP contribution in [0.5, 0.6) is 5.75 Å². The topological polar surface area (TPSA) is 75.7 Å². The van der Waals surface area contributed by atoms with Crippen molar-refractivity contribution < 1.29 is 17.9 Å². The van der Waals surface area contributed by atoms with Crippen LogP contribution in [0.4, 0.5) is 11.4 Å². The van der Waals surface area contributed by atoms with Crippen molar-refractivity contribution >= 4 is 39.1 Å². The molecule has 8 heteroatoms. The van der Waals surface area contributed by atoms with Crippen molar-refractivity contribution in [3.63, 3.8) is 0 Å². The second-order valence-electron chi connectivity index (χ2n) is 5.96. The second kappa shape index (κ2) is 7.20. The fourth-order valence-electron chi connectivity index (χ4n) is 2.80. The number of nitrogens with one attached hydrogen (secondary N) is 1. The van der Waals surface area contributed by atoms with Gasteiger partial charge >= 0.3 is 0 Å². The average Bonchev–Trinajstić information content (AvgIpc) is 2.60. The second-order valence-corrected chi connectivity index (χ2v) is 8.78. The quantitative estimate of drug-likeness (QED) is 0.864. The fourth-order valence-corrected chi connectivity index (χ4v) is 4.85. The number of rotatable bonds is 4. The highest BCUT2D eigenvalue weighted by molar-refractivity contribution is 7.99. The molecule has 0 atom stereocenters. The summed E-state index contributed by atoms with van der Waals surface area (Å²) in [6.07, 6.45) is 0. The van der Waals surface area contributed by atoms with Crippen LogP contribution in [0.3, 0.4) is 0 Å². The molecule has 3 rings (SSSR count). The van der Waals surface area contributed by atoms with Gasteiger partial charge in [0.2, 0.25) is 5.91 Å². The summed E-state index contributed by atoms with van der Waals surface area (Å²) in [7, 11) is -2.33. The smallest absolute Gasteiger partial charge is 0.262 e. The highest BCUT2D eigenvalue weighted by atomic mass is 32.2. The van der Waals surface area contributed by atoms with Crippen LogP contribution in [0.1, 0.15) is 12.5 Å². The lowest BCUT2D eigenvalue weighted by Gasteiger charge is -2.28. The van der Waals surface area contributed by atoms with Crippen molar-refractivity contribution in [3.05, 3.63) is 42.0 Å². The first-order valence-electron chi connectivity index (χ1n) is 8.04. The molecule has 26 heavy (non-hydrogen) atoms. The Morgan fingerprint density at radius 2 is 2.00 bits per heavy atom.